The number of halogens is 1. The third kappa shape index (κ3) is 3.85. The molecule has 0 bridgehead atoms. The van der Waals surface area contributed by atoms with Crippen molar-refractivity contribution < 1.29 is 4.79 Å². The summed E-state index contributed by atoms with van der Waals surface area (Å²) in [4.78, 5) is 14.4. The molecule has 1 amide bonds. The van der Waals surface area contributed by atoms with E-state index in [0.29, 0.717) is 5.56 Å². The Morgan fingerprint density at radius 2 is 1.95 bits per heavy atom. The largest absolute Gasteiger partial charge is 0.378 e. The molecular formula is C17H19BrN2O. The quantitative estimate of drug-likeness (QED) is 0.893. The standard InChI is InChI=1S/C17H19BrN2O/c1-4-12-10-14(18)8-9-16(12)19-17(21)13-6-5-7-15(11-13)20(2)3/h5-11H,4H2,1-3H3,(H,19,21). The van der Waals surface area contributed by atoms with Crippen LogP contribution in [0.15, 0.2) is 46.9 Å². The predicted molar refractivity (Wildman–Crippen MR) is 92.2 cm³/mol. The van der Waals surface area contributed by atoms with E-state index in [1.165, 1.54) is 0 Å². The molecule has 110 valence electrons. The SMILES string of the molecule is CCc1cc(Br)ccc1NC(=O)c1cccc(N(C)C)c1. The van der Waals surface area contributed by atoms with Gasteiger partial charge < -0.3 is 10.2 Å². The molecule has 0 fully saturated rings. The molecule has 0 aliphatic carbocycles. The van der Waals surface area contributed by atoms with Gasteiger partial charge in [-0.2, -0.15) is 0 Å². The van der Waals surface area contributed by atoms with E-state index < -0.39 is 0 Å². The van der Waals surface area contributed by atoms with E-state index in [1.54, 1.807) is 0 Å². The number of amides is 1. The average Bonchev–Trinajstić information content (AvgIpc) is 2.49. The third-order valence-corrected chi connectivity index (χ3v) is 3.81. The Bertz CT molecular complexity index is 653. The smallest absolute Gasteiger partial charge is 0.255 e. The minimum absolute atomic E-state index is 0.0873. The molecule has 0 saturated heterocycles. The lowest BCUT2D eigenvalue weighted by Gasteiger charge is -2.14. The lowest BCUT2D eigenvalue weighted by atomic mass is 10.1. The summed E-state index contributed by atoms with van der Waals surface area (Å²) >= 11 is 3.46. The normalized spacial score (nSPS) is 10.3. The minimum atomic E-state index is -0.0873. The maximum atomic E-state index is 12.4. The summed E-state index contributed by atoms with van der Waals surface area (Å²) in [5.74, 6) is -0.0873. The van der Waals surface area contributed by atoms with Crippen LogP contribution >= 0.6 is 15.9 Å². The van der Waals surface area contributed by atoms with E-state index in [0.717, 1.165) is 27.8 Å². The molecule has 0 aliphatic rings. The fourth-order valence-corrected chi connectivity index (χ4v) is 2.51. The minimum Gasteiger partial charge on any atom is -0.378 e. The second-order valence-corrected chi connectivity index (χ2v) is 5.97. The van der Waals surface area contributed by atoms with Crippen molar-refractivity contribution in [1.29, 1.82) is 0 Å². The fourth-order valence-electron chi connectivity index (χ4n) is 2.10. The molecule has 21 heavy (non-hydrogen) atoms. The van der Waals surface area contributed by atoms with Crippen LogP contribution in [0, 0.1) is 0 Å². The van der Waals surface area contributed by atoms with Crippen molar-refractivity contribution in [2.24, 2.45) is 0 Å². The zero-order chi connectivity index (χ0) is 15.4. The van der Waals surface area contributed by atoms with Crippen LogP contribution in [0.4, 0.5) is 11.4 Å². The molecule has 0 spiro atoms. The Hall–Kier alpha value is -1.81. The summed E-state index contributed by atoms with van der Waals surface area (Å²) < 4.78 is 1.02. The first-order chi connectivity index (χ1) is 10.0. The Morgan fingerprint density at radius 3 is 2.62 bits per heavy atom. The summed E-state index contributed by atoms with van der Waals surface area (Å²) in [7, 11) is 3.92. The van der Waals surface area contributed by atoms with E-state index in [2.05, 4.69) is 28.2 Å². The van der Waals surface area contributed by atoms with Gasteiger partial charge in [-0.25, -0.2) is 0 Å². The van der Waals surface area contributed by atoms with Gasteiger partial charge in [0, 0.05) is 35.5 Å². The molecule has 0 heterocycles. The van der Waals surface area contributed by atoms with Gasteiger partial charge in [-0.05, 0) is 48.4 Å². The molecule has 0 radical (unpaired) electrons. The highest BCUT2D eigenvalue weighted by Crippen LogP contribution is 2.22. The number of rotatable bonds is 4. The maximum Gasteiger partial charge on any atom is 0.255 e. The Labute approximate surface area is 134 Å². The van der Waals surface area contributed by atoms with Gasteiger partial charge in [0.1, 0.15) is 0 Å². The highest BCUT2D eigenvalue weighted by atomic mass is 79.9. The van der Waals surface area contributed by atoms with Gasteiger partial charge in [-0.1, -0.05) is 28.9 Å². The summed E-state index contributed by atoms with van der Waals surface area (Å²) in [5.41, 5.74) is 3.64. The lowest BCUT2D eigenvalue weighted by Crippen LogP contribution is -2.15. The number of benzene rings is 2. The number of nitrogens with zero attached hydrogens (tertiary/aromatic N) is 1. The fraction of sp³-hybridized carbons (Fsp3) is 0.235. The van der Waals surface area contributed by atoms with Gasteiger partial charge in [0.15, 0.2) is 0 Å². The molecule has 2 aromatic carbocycles. The number of nitrogens with one attached hydrogen (secondary N) is 1. The van der Waals surface area contributed by atoms with Crippen molar-refractivity contribution in [2.75, 3.05) is 24.3 Å². The van der Waals surface area contributed by atoms with Gasteiger partial charge in [0.25, 0.3) is 5.91 Å². The van der Waals surface area contributed by atoms with Crippen molar-refractivity contribution in [3.05, 3.63) is 58.1 Å². The van der Waals surface area contributed by atoms with Crippen molar-refractivity contribution >= 4 is 33.2 Å². The maximum absolute atomic E-state index is 12.4. The second kappa shape index (κ2) is 6.76. The first kappa shape index (κ1) is 15.6. The molecule has 3 nitrogen and oxygen atoms in total. The number of aryl methyl sites for hydroxylation is 1. The molecule has 0 aliphatic heterocycles. The van der Waals surface area contributed by atoms with Crippen LogP contribution in [-0.4, -0.2) is 20.0 Å². The van der Waals surface area contributed by atoms with Gasteiger partial charge >= 0.3 is 0 Å². The Kier molecular flexibility index (Phi) is 5.02. The molecule has 1 N–H and O–H groups in total. The Balaban J connectivity index is 2.24. The van der Waals surface area contributed by atoms with Crippen LogP contribution in [0.1, 0.15) is 22.8 Å². The zero-order valence-corrected chi connectivity index (χ0v) is 14.1. The van der Waals surface area contributed by atoms with E-state index in [4.69, 9.17) is 0 Å². The van der Waals surface area contributed by atoms with Crippen molar-refractivity contribution in [3.8, 4) is 0 Å². The van der Waals surface area contributed by atoms with E-state index >= 15 is 0 Å². The summed E-state index contributed by atoms with van der Waals surface area (Å²) in [6, 6.07) is 13.5. The van der Waals surface area contributed by atoms with Gasteiger partial charge in [-0.3, -0.25) is 4.79 Å². The lowest BCUT2D eigenvalue weighted by molar-refractivity contribution is 0.102. The summed E-state index contributed by atoms with van der Waals surface area (Å²) in [6.07, 6.45) is 0.868. The van der Waals surface area contributed by atoms with E-state index in [-0.39, 0.29) is 5.91 Å². The van der Waals surface area contributed by atoms with Gasteiger partial charge in [0.05, 0.1) is 0 Å². The van der Waals surface area contributed by atoms with Crippen LogP contribution in [0.3, 0.4) is 0 Å². The summed E-state index contributed by atoms with van der Waals surface area (Å²) in [5, 5.41) is 2.99. The van der Waals surface area contributed by atoms with Crippen molar-refractivity contribution in [2.45, 2.75) is 13.3 Å². The van der Waals surface area contributed by atoms with E-state index in [1.807, 2.05) is 61.5 Å². The van der Waals surface area contributed by atoms with Crippen LogP contribution in [0.5, 0.6) is 0 Å². The number of carbonyl (C=O) groups is 1. The molecule has 2 aromatic rings. The molecule has 0 saturated carbocycles. The monoisotopic (exact) mass is 346 g/mol. The van der Waals surface area contributed by atoms with Gasteiger partial charge in [0.2, 0.25) is 0 Å². The first-order valence-corrected chi connectivity index (χ1v) is 7.67. The Morgan fingerprint density at radius 1 is 1.19 bits per heavy atom. The molecule has 4 heteroatoms. The number of anilines is 2. The number of carbonyl (C=O) groups excluding carboxylic acids is 1. The molecule has 2 rings (SSSR count). The average molecular weight is 347 g/mol. The van der Waals surface area contributed by atoms with Crippen molar-refractivity contribution in [1.82, 2.24) is 0 Å². The predicted octanol–water partition coefficient (Wildman–Crippen LogP) is 4.33. The van der Waals surface area contributed by atoms with Crippen molar-refractivity contribution in [3.63, 3.8) is 0 Å². The number of hydrogen-bond donors (Lipinski definition) is 1. The highest BCUT2D eigenvalue weighted by Gasteiger charge is 2.10. The molecular weight excluding hydrogens is 328 g/mol. The molecule has 0 aromatic heterocycles. The first-order valence-electron chi connectivity index (χ1n) is 6.88. The van der Waals surface area contributed by atoms with Crippen LogP contribution in [0.25, 0.3) is 0 Å². The second-order valence-electron chi connectivity index (χ2n) is 5.05. The van der Waals surface area contributed by atoms with E-state index in [9.17, 15) is 4.79 Å². The number of hydrogen-bond acceptors (Lipinski definition) is 2. The molecule has 0 unspecified atom stereocenters. The van der Waals surface area contributed by atoms with Crippen LogP contribution in [-0.2, 0) is 6.42 Å². The summed E-state index contributed by atoms with van der Waals surface area (Å²) in [6.45, 7) is 2.07. The third-order valence-electron chi connectivity index (χ3n) is 3.32. The van der Waals surface area contributed by atoms with Crippen LogP contribution in [0.2, 0.25) is 0 Å². The molecule has 0 atom stereocenters. The highest BCUT2D eigenvalue weighted by molar-refractivity contribution is 9.10. The zero-order valence-electron chi connectivity index (χ0n) is 12.5. The van der Waals surface area contributed by atoms with Gasteiger partial charge in [-0.15, -0.1) is 0 Å². The topological polar surface area (TPSA) is 32.3 Å². The van der Waals surface area contributed by atoms with Crippen LogP contribution < -0.4 is 10.2 Å².